The van der Waals surface area contributed by atoms with Crippen molar-refractivity contribution in [2.75, 3.05) is 5.32 Å². The highest BCUT2D eigenvalue weighted by Gasteiger charge is 2.24. The Morgan fingerprint density at radius 3 is 2.88 bits per heavy atom. The number of aromatic carboxylic acids is 1. The van der Waals surface area contributed by atoms with E-state index in [1.165, 1.54) is 18.5 Å². The molecule has 5 nitrogen and oxygen atoms in total. The Morgan fingerprint density at radius 1 is 1.50 bits per heavy atom. The van der Waals surface area contributed by atoms with Gasteiger partial charge < -0.3 is 10.4 Å². The number of rotatable bonds is 4. The van der Waals surface area contributed by atoms with Gasteiger partial charge in [-0.25, -0.2) is 4.79 Å². The minimum atomic E-state index is -1.07. The fourth-order valence-corrected chi connectivity index (χ4v) is 1.47. The zero-order valence-corrected chi connectivity index (χ0v) is 8.64. The summed E-state index contributed by atoms with van der Waals surface area (Å²) >= 11 is 0. The smallest absolute Gasteiger partial charge is 0.337 e. The van der Waals surface area contributed by atoms with Crippen LogP contribution < -0.4 is 5.32 Å². The normalized spacial score (nSPS) is 14.5. The molecule has 0 aliphatic heterocycles. The van der Waals surface area contributed by atoms with Crippen LogP contribution in [0, 0.1) is 5.92 Å². The van der Waals surface area contributed by atoms with E-state index < -0.39 is 5.97 Å². The van der Waals surface area contributed by atoms with Gasteiger partial charge in [-0.2, -0.15) is 0 Å². The molecule has 1 heterocycles. The molecule has 1 saturated carbocycles. The monoisotopic (exact) mass is 220 g/mol. The number of hydrogen-bond acceptors (Lipinski definition) is 3. The van der Waals surface area contributed by atoms with Gasteiger partial charge in [-0.05, 0) is 24.8 Å². The first-order valence-electron chi connectivity index (χ1n) is 5.14. The Hall–Kier alpha value is -1.91. The maximum atomic E-state index is 11.5. The molecular weight excluding hydrogens is 208 g/mol. The van der Waals surface area contributed by atoms with Crippen molar-refractivity contribution >= 4 is 17.6 Å². The Bertz CT molecular complexity index is 427. The van der Waals surface area contributed by atoms with Gasteiger partial charge in [-0.15, -0.1) is 0 Å². The summed E-state index contributed by atoms with van der Waals surface area (Å²) in [4.78, 5) is 26.2. The van der Waals surface area contributed by atoms with E-state index in [1.807, 2.05) is 0 Å². The zero-order chi connectivity index (χ0) is 11.5. The number of carboxylic acids is 1. The number of nitrogens with zero attached hydrogens (tertiary/aromatic N) is 1. The number of carbonyl (C=O) groups is 2. The summed E-state index contributed by atoms with van der Waals surface area (Å²) in [6.07, 6.45) is 5.39. The number of hydrogen-bond donors (Lipinski definition) is 2. The van der Waals surface area contributed by atoms with Gasteiger partial charge in [0, 0.05) is 12.6 Å². The second-order valence-corrected chi connectivity index (χ2v) is 3.92. The van der Waals surface area contributed by atoms with Crippen LogP contribution >= 0.6 is 0 Å². The Balaban J connectivity index is 2.07. The van der Waals surface area contributed by atoms with Gasteiger partial charge in [-0.3, -0.25) is 9.78 Å². The van der Waals surface area contributed by atoms with Crippen molar-refractivity contribution in [2.45, 2.75) is 19.3 Å². The van der Waals surface area contributed by atoms with E-state index in [1.54, 1.807) is 0 Å². The molecule has 1 fully saturated rings. The van der Waals surface area contributed by atoms with Gasteiger partial charge >= 0.3 is 5.97 Å². The van der Waals surface area contributed by atoms with Crippen molar-refractivity contribution in [3.63, 3.8) is 0 Å². The predicted octanol–water partition coefficient (Wildman–Crippen LogP) is 1.52. The van der Waals surface area contributed by atoms with Gasteiger partial charge in [0.1, 0.15) is 0 Å². The number of carboxylic acid groups (broad SMARTS) is 1. The van der Waals surface area contributed by atoms with Gasteiger partial charge in [0.05, 0.1) is 17.4 Å². The molecule has 0 unspecified atom stereocenters. The summed E-state index contributed by atoms with van der Waals surface area (Å²) in [5.74, 6) is -0.730. The second kappa shape index (κ2) is 4.30. The van der Waals surface area contributed by atoms with Crippen LogP contribution in [-0.4, -0.2) is 22.0 Å². The van der Waals surface area contributed by atoms with Crippen LogP contribution in [0.1, 0.15) is 29.6 Å². The predicted molar refractivity (Wildman–Crippen MR) is 57.2 cm³/mol. The van der Waals surface area contributed by atoms with Crippen molar-refractivity contribution in [3.8, 4) is 0 Å². The molecule has 1 aliphatic rings. The van der Waals surface area contributed by atoms with E-state index in [0.717, 1.165) is 12.8 Å². The highest BCUT2D eigenvalue weighted by molar-refractivity contribution is 6.00. The molecule has 2 N–H and O–H groups in total. The molecule has 0 radical (unpaired) electrons. The lowest BCUT2D eigenvalue weighted by molar-refractivity contribution is -0.116. The fraction of sp³-hybridized carbons (Fsp3) is 0.364. The maximum absolute atomic E-state index is 11.5. The standard InChI is InChI=1S/C11H12N2O3/c14-10(5-7-1-2-7)13-9-6-12-4-3-8(9)11(15)16/h3-4,6-7H,1-2,5H2,(H,13,14)(H,15,16). The minimum absolute atomic E-state index is 0.0687. The van der Waals surface area contributed by atoms with Crippen molar-refractivity contribution in [3.05, 3.63) is 24.0 Å². The molecule has 0 saturated heterocycles. The Kier molecular flexibility index (Phi) is 2.85. The van der Waals surface area contributed by atoms with E-state index in [0.29, 0.717) is 12.3 Å². The first-order chi connectivity index (χ1) is 7.66. The number of amides is 1. The van der Waals surface area contributed by atoms with E-state index in [-0.39, 0.29) is 17.2 Å². The van der Waals surface area contributed by atoms with Crippen LogP contribution in [-0.2, 0) is 4.79 Å². The second-order valence-electron chi connectivity index (χ2n) is 3.92. The fourth-order valence-electron chi connectivity index (χ4n) is 1.47. The lowest BCUT2D eigenvalue weighted by Crippen LogP contribution is -2.15. The number of carbonyl (C=O) groups excluding carboxylic acids is 1. The molecule has 0 atom stereocenters. The van der Waals surface area contributed by atoms with Crippen molar-refractivity contribution in [1.82, 2.24) is 4.98 Å². The van der Waals surface area contributed by atoms with Gasteiger partial charge in [-0.1, -0.05) is 0 Å². The van der Waals surface area contributed by atoms with Crippen LogP contribution in [0.2, 0.25) is 0 Å². The quantitative estimate of drug-likeness (QED) is 0.806. The average Bonchev–Trinajstić information content (AvgIpc) is 3.02. The molecule has 84 valence electrons. The van der Waals surface area contributed by atoms with E-state index in [4.69, 9.17) is 5.11 Å². The molecule has 16 heavy (non-hydrogen) atoms. The Labute approximate surface area is 92.5 Å². The molecule has 0 spiro atoms. The third-order valence-electron chi connectivity index (χ3n) is 2.50. The molecular formula is C11H12N2O3. The topological polar surface area (TPSA) is 79.3 Å². The molecule has 1 aromatic rings. The number of anilines is 1. The molecule has 0 aromatic carbocycles. The number of nitrogens with one attached hydrogen (secondary N) is 1. The van der Waals surface area contributed by atoms with E-state index in [9.17, 15) is 9.59 Å². The average molecular weight is 220 g/mol. The number of aromatic nitrogens is 1. The van der Waals surface area contributed by atoms with E-state index >= 15 is 0 Å². The largest absolute Gasteiger partial charge is 0.478 e. The minimum Gasteiger partial charge on any atom is -0.478 e. The first-order valence-corrected chi connectivity index (χ1v) is 5.14. The van der Waals surface area contributed by atoms with Crippen LogP contribution in [0.4, 0.5) is 5.69 Å². The SMILES string of the molecule is O=C(CC1CC1)Nc1cnccc1C(=O)O. The van der Waals surface area contributed by atoms with Gasteiger partial charge in [0.15, 0.2) is 0 Å². The van der Waals surface area contributed by atoms with Crippen LogP contribution in [0.5, 0.6) is 0 Å². The Morgan fingerprint density at radius 2 is 2.25 bits per heavy atom. The summed E-state index contributed by atoms with van der Waals surface area (Å²) in [5.41, 5.74) is 0.333. The zero-order valence-electron chi connectivity index (χ0n) is 8.64. The summed E-state index contributed by atoms with van der Waals surface area (Å²) in [6.45, 7) is 0. The number of pyridine rings is 1. The van der Waals surface area contributed by atoms with Gasteiger partial charge in [0.25, 0.3) is 0 Å². The van der Waals surface area contributed by atoms with Gasteiger partial charge in [0.2, 0.25) is 5.91 Å². The summed E-state index contributed by atoms with van der Waals surface area (Å²) in [7, 11) is 0. The summed E-state index contributed by atoms with van der Waals surface area (Å²) in [6, 6.07) is 1.37. The van der Waals surface area contributed by atoms with Crippen LogP contribution in [0.15, 0.2) is 18.5 Å². The van der Waals surface area contributed by atoms with Crippen LogP contribution in [0.25, 0.3) is 0 Å². The molecule has 1 aromatic heterocycles. The van der Waals surface area contributed by atoms with Crippen LogP contribution in [0.3, 0.4) is 0 Å². The van der Waals surface area contributed by atoms with Crippen molar-refractivity contribution in [1.29, 1.82) is 0 Å². The first kappa shape index (κ1) is 10.6. The van der Waals surface area contributed by atoms with Crippen molar-refractivity contribution < 1.29 is 14.7 Å². The lowest BCUT2D eigenvalue weighted by atomic mass is 10.2. The molecule has 1 aliphatic carbocycles. The highest BCUT2D eigenvalue weighted by atomic mass is 16.4. The van der Waals surface area contributed by atoms with Crippen molar-refractivity contribution in [2.24, 2.45) is 5.92 Å². The molecule has 2 rings (SSSR count). The summed E-state index contributed by atoms with van der Waals surface area (Å²) in [5, 5.41) is 11.5. The third-order valence-corrected chi connectivity index (χ3v) is 2.50. The molecule has 5 heteroatoms. The molecule has 1 amide bonds. The lowest BCUT2D eigenvalue weighted by Gasteiger charge is -2.06. The third kappa shape index (κ3) is 2.56. The summed E-state index contributed by atoms with van der Waals surface area (Å²) < 4.78 is 0. The highest BCUT2D eigenvalue weighted by Crippen LogP contribution is 2.32. The maximum Gasteiger partial charge on any atom is 0.337 e. The van der Waals surface area contributed by atoms with E-state index in [2.05, 4.69) is 10.3 Å². The molecule has 0 bridgehead atoms.